The maximum absolute atomic E-state index is 5.69. The van der Waals surface area contributed by atoms with E-state index >= 15 is 0 Å². The second-order valence-corrected chi connectivity index (χ2v) is 3.78. The summed E-state index contributed by atoms with van der Waals surface area (Å²) < 4.78 is 5.18. The van der Waals surface area contributed by atoms with Gasteiger partial charge in [-0.05, 0) is 24.3 Å². The third-order valence-corrected chi connectivity index (χ3v) is 2.43. The molecule has 0 saturated carbocycles. The molecular formula is C12H10N6O. The number of aromatic nitrogens is 4. The summed E-state index contributed by atoms with van der Waals surface area (Å²) in [5, 5.41) is 0. The smallest absolute Gasteiger partial charge is 0.224 e. The number of hydrogen-bond donors (Lipinski definition) is 2. The molecule has 3 rings (SSSR count). The third-order valence-electron chi connectivity index (χ3n) is 2.43. The van der Waals surface area contributed by atoms with E-state index in [0.29, 0.717) is 16.9 Å². The first-order valence-electron chi connectivity index (χ1n) is 5.50. The Morgan fingerprint density at radius 3 is 2.79 bits per heavy atom. The molecule has 0 bridgehead atoms. The van der Waals surface area contributed by atoms with Gasteiger partial charge in [0.1, 0.15) is 11.3 Å². The molecule has 0 fully saturated rings. The Kier molecular flexibility index (Phi) is 2.57. The quantitative estimate of drug-likeness (QED) is 0.708. The normalized spacial score (nSPS) is 11.4. The molecule has 3 aromatic rings. The zero-order valence-electron chi connectivity index (χ0n) is 9.82. The molecule has 3 aromatic heterocycles. The number of furan rings is 1. The second kappa shape index (κ2) is 4.37. The standard InChI is InChI=1S/C12H10N6O/c13-10-9-11(18-12(14)17-10)16-7(6-15-9)3-4-8-2-1-5-19-8/h1-6H,(H4,13,14,16,17,18)/b4-3+. The minimum atomic E-state index is 0.0754. The molecule has 0 aliphatic heterocycles. The number of fused-ring (bicyclic) bond motifs is 1. The first-order chi connectivity index (χ1) is 9.22. The molecule has 0 spiro atoms. The Morgan fingerprint density at radius 2 is 2.00 bits per heavy atom. The van der Waals surface area contributed by atoms with Crippen LogP contribution in [-0.4, -0.2) is 19.9 Å². The van der Waals surface area contributed by atoms with E-state index in [0.717, 1.165) is 5.76 Å². The molecule has 94 valence electrons. The van der Waals surface area contributed by atoms with Crippen molar-refractivity contribution >= 4 is 35.1 Å². The van der Waals surface area contributed by atoms with Crippen LogP contribution >= 0.6 is 0 Å². The summed E-state index contributed by atoms with van der Waals surface area (Å²) in [5.41, 5.74) is 12.6. The Hall–Kier alpha value is -2.96. The summed E-state index contributed by atoms with van der Waals surface area (Å²) in [5.74, 6) is 1.02. The Labute approximate surface area is 108 Å². The van der Waals surface area contributed by atoms with Crippen molar-refractivity contribution in [2.45, 2.75) is 0 Å². The molecular weight excluding hydrogens is 244 g/mol. The van der Waals surface area contributed by atoms with E-state index in [1.807, 2.05) is 6.07 Å². The van der Waals surface area contributed by atoms with Gasteiger partial charge in [0.25, 0.3) is 0 Å². The van der Waals surface area contributed by atoms with Gasteiger partial charge in [-0.15, -0.1) is 0 Å². The average Bonchev–Trinajstić information content (AvgIpc) is 2.88. The van der Waals surface area contributed by atoms with Crippen molar-refractivity contribution < 1.29 is 4.42 Å². The molecule has 0 aliphatic carbocycles. The van der Waals surface area contributed by atoms with Gasteiger partial charge in [0.05, 0.1) is 18.2 Å². The van der Waals surface area contributed by atoms with E-state index in [2.05, 4.69) is 19.9 Å². The molecule has 0 amide bonds. The molecule has 3 heterocycles. The number of nitrogens with two attached hydrogens (primary N) is 2. The molecule has 4 N–H and O–H groups in total. The second-order valence-electron chi connectivity index (χ2n) is 3.78. The van der Waals surface area contributed by atoms with Crippen LogP contribution < -0.4 is 11.5 Å². The highest BCUT2D eigenvalue weighted by Gasteiger charge is 2.06. The SMILES string of the molecule is Nc1nc(N)c2ncc(/C=C/c3ccco3)nc2n1. The first-order valence-corrected chi connectivity index (χ1v) is 5.50. The van der Waals surface area contributed by atoms with Gasteiger partial charge in [0.2, 0.25) is 5.95 Å². The summed E-state index contributed by atoms with van der Waals surface area (Å²) in [6.45, 7) is 0. The van der Waals surface area contributed by atoms with Crippen molar-refractivity contribution in [3.05, 3.63) is 36.0 Å². The van der Waals surface area contributed by atoms with Crippen molar-refractivity contribution in [2.75, 3.05) is 11.5 Å². The number of anilines is 2. The summed E-state index contributed by atoms with van der Waals surface area (Å²) >= 11 is 0. The highest BCUT2D eigenvalue weighted by Crippen LogP contribution is 2.15. The lowest BCUT2D eigenvalue weighted by atomic mass is 10.3. The Bertz CT molecular complexity index is 750. The van der Waals surface area contributed by atoms with Gasteiger partial charge in [-0.25, -0.2) is 9.97 Å². The predicted molar refractivity (Wildman–Crippen MR) is 71.6 cm³/mol. The van der Waals surface area contributed by atoms with Crippen LogP contribution in [0.5, 0.6) is 0 Å². The van der Waals surface area contributed by atoms with Crippen LogP contribution in [0.2, 0.25) is 0 Å². The fraction of sp³-hybridized carbons (Fsp3) is 0. The van der Waals surface area contributed by atoms with Crippen molar-refractivity contribution in [3.63, 3.8) is 0 Å². The molecule has 0 atom stereocenters. The number of hydrogen-bond acceptors (Lipinski definition) is 7. The molecule has 0 aliphatic rings. The molecule has 0 saturated heterocycles. The summed E-state index contributed by atoms with van der Waals surface area (Å²) in [6.07, 6.45) is 6.72. The predicted octanol–water partition coefficient (Wildman–Crippen LogP) is 1.35. The van der Waals surface area contributed by atoms with Crippen molar-refractivity contribution in [2.24, 2.45) is 0 Å². The van der Waals surface area contributed by atoms with Crippen LogP contribution in [0.15, 0.2) is 29.0 Å². The zero-order chi connectivity index (χ0) is 13.2. The Morgan fingerprint density at radius 1 is 1.11 bits per heavy atom. The van der Waals surface area contributed by atoms with Crippen LogP contribution in [0.3, 0.4) is 0 Å². The topological polar surface area (TPSA) is 117 Å². The fourth-order valence-electron chi connectivity index (χ4n) is 1.59. The van der Waals surface area contributed by atoms with E-state index in [4.69, 9.17) is 15.9 Å². The largest absolute Gasteiger partial charge is 0.465 e. The summed E-state index contributed by atoms with van der Waals surface area (Å²) in [7, 11) is 0. The molecule has 7 heteroatoms. The zero-order valence-corrected chi connectivity index (χ0v) is 9.82. The van der Waals surface area contributed by atoms with E-state index < -0.39 is 0 Å². The van der Waals surface area contributed by atoms with Gasteiger partial charge in [-0.1, -0.05) is 0 Å². The molecule has 0 radical (unpaired) electrons. The molecule has 0 unspecified atom stereocenters. The van der Waals surface area contributed by atoms with Gasteiger partial charge in [0.15, 0.2) is 11.5 Å². The lowest BCUT2D eigenvalue weighted by Gasteiger charge is -2.01. The van der Waals surface area contributed by atoms with E-state index in [9.17, 15) is 0 Å². The first kappa shape index (κ1) is 11.1. The lowest BCUT2D eigenvalue weighted by molar-refractivity contribution is 0.557. The number of nitrogens with zero attached hydrogens (tertiary/aromatic N) is 4. The molecule has 19 heavy (non-hydrogen) atoms. The van der Waals surface area contributed by atoms with Crippen molar-refractivity contribution in [1.29, 1.82) is 0 Å². The lowest BCUT2D eigenvalue weighted by Crippen LogP contribution is -2.03. The minimum Gasteiger partial charge on any atom is -0.465 e. The summed E-state index contributed by atoms with van der Waals surface area (Å²) in [6, 6.07) is 3.64. The third kappa shape index (κ3) is 2.21. The van der Waals surface area contributed by atoms with Gasteiger partial charge in [-0.2, -0.15) is 9.97 Å². The molecule has 0 aromatic carbocycles. The molecule has 7 nitrogen and oxygen atoms in total. The highest BCUT2D eigenvalue weighted by atomic mass is 16.3. The summed E-state index contributed by atoms with van der Waals surface area (Å²) in [4.78, 5) is 16.3. The van der Waals surface area contributed by atoms with Crippen LogP contribution in [0.25, 0.3) is 23.3 Å². The van der Waals surface area contributed by atoms with Gasteiger partial charge in [0, 0.05) is 0 Å². The Balaban J connectivity index is 2.02. The number of rotatable bonds is 2. The van der Waals surface area contributed by atoms with Crippen molar-refractivity contribution in [3.8, 4) is 0 Å². The average molecular weight is 254 g/mol. The van der Waals surface area contributed by atoms with Crippen molar-refractivity contribution in [1.82, 2.24) is 19.9 Å². The minimum absolute atomic E-state index is 0.0754. The maximum atomic E-state index is 5.69. The van der Waals surface area contributed by atoms with E-state index in [-0.39, 0.29) is 11.8 Å². The number of nitrogen functional groups attached to an aromatic ring is 2. The van der Waals surface area contributed by atoms with Crippen LogP contribution in [0, 0.1) is 0 Å². The monoisotopic (exact) mass is 254 g/mol. The van der Waals surface area contributed by atoms with Crippen LogP contribution in [-0.2, 0) is 0 Å². The van der Waals surface area contributed by atoms with Crippen LogP contribution in [0.1, 0.15) is 11.5 Å². The van der Waals surface area contributed by atoms with Gasteiger partial charge >= 0.3 is 0 Å². The van der Waals surface area contributed by atoms with Gasteiger partial charge in [-0.3, -0.25) is 0 Å². The van der Waals surface area contributed by atoms with Crippen LogP contribution in [0.4, 0.5) is 11.8 Å². The maximum Gasteiger partial charge on any atom is 0.224 e. The van der Waals surface area contributed by atoms with Gasteiger partial charge < -0.3 is 15.9 Å². The van der Waals surface area contributed by atoms with E-state index in [1.165, 1.54) is 0 Å². The van der Waals surface area contributed by atoms with E-state index in [1.54, 1.807) is 30.7 Å². The highest BCUT2D eigenvalue weighted by molar-refractivity contribution is 5.82. The fourth-order valence-corrected chi connectivity index (χ4v) is 1.59.